The molecule has 0 N–H and O–H groups in total. The maximum atomic E-state index is 6.43. The summed E-state index contributed by atoms with van der Waals surface area (Å²) in [7, 11) is 0. The van der Waals surface area contributed by atoms with E-state index < -0.39 is 0 Å². The normalized spacial score (nSPS) is 12.0. The second-order valence-corrected chi connectivity index (χ2v) is 18.1. The first-order chi connectivity index (χ1) is 29.8. The molecule has 1 nitrogen and oxygen atoms in total. The number of furan rings is 1. The topological polar surface area (TPSA) is 13.1 Å². The molecule has 2 heteroatoms. The van der Waals surface area contributed by atoms with E-state index in [1.807, 2.05) is 0 Å². The number of fused-ring (bicyclic) bond motifs is 10. The van der Waals surface area contributed by atoms with Crippen molar-refractivity contribution in [2.24, 2.45) is 0 Å². The van der Waals surface area contributed by atoms with Crippen molar-refractivity contribution in [1.82, 2.24) is 0 Å². The second kappa shape index (κ2) is 13.1. The maximum absolute atomic E-state index is 6.43. The van der Waals surface area contributed by atoms with Gasteiger partial charge in [0.1, 0.15) is 0 Å². The van der Waals surface area contributed by atoms with Crippen LogP contribution in [0.2, 0.25) is 0 Å². The van der Waals surface area contributed by atoms with Crippen molar-refractivity contribution >= 4 is 98.8 Å². The number of hydrogen-bond acceptors (Lipinski definition) is 1. The van der Waals surface area contributed by atoms with E-state index in [0.29, 0.717) is 0 Å². The van der Waals surface area contributed by atoms with Gasteiger partial charge in [0.2, 0.25) is 0 Å². The molecule has 0 saturated carbocycles. The molecule has 0 spiro atoms. The Hall–Kier alpha value is -7.22. The van der Waals surface area contributed by atoms with E-state index in [9.17, 15) is 0 Å². The van der Waals surface area contributed by atoms with Gasteiger partial charge in [0, 0.05) is 0 Å². The molecular weight excluding hydrogens is 792 g/mol. The molecule has 0 aliphatic heterocycles. The van der Waals surface area contributed by atoms with Crippen LogP contribution in [0, 0.1) is 0 Å². The van der Waals surface area contributed by atoms with E-state index in [2.05, 4.69) is 206 Å². The second-order valence-electron chi connectivity index (χ2n) is 15.8. The van der Waals surface area contributed by atoms with Crippen LogP contribution in [0.5, 0.6) is 0 Å². The fourth-order valence-corrected chi connectivity index (χ4v) is 12.6. The van der Waals surface area contributed by atoms with Crippen molar-refractivity contribution in [3.8, 4) is 44.5 Å². The zero-order valence-corrected chi connectivity index (χ0v) is 34.2. The monoisotopic (exact) mass is 826 g/mol. The summed E-state index contributed by atoms with van der Waals surface area (Å²) in [6.07, 6.45) is 0. The first-order valence-corrected chi connectivity index (χ1v) is 22.3. The predicted molar refractivity (Wildman–Crippen MR) is 257 cm³/mol. The van der Waals surface area contributed by atoms with Gasteiger partial charge >= 0.3 is 348 Å². The van der Waals surface area contributed by atoms with Gasteiger partial charge in [-0.15, -0.1) is 0 Å². The van der Waals surface area contributed by atoms with Crippen LogP contribution in [0.25, 0.3) is 129 Å². The van der Waals surface area contributed by atoms with Gasteiger partial charge in [-0.3, -0.25) is 0 Å². The number of para-hydroxylation sites is 1. The fraction of sp³-hybridized carbons (Fsp3) is 0. The quantitative estimate of drug-likeness (QED) is 0.127. The van der Waals surface area contributed by atoms with Gasteiger partial charge in [0.15, 0.2) is 0 Å². The van der Waals surface area contributed by atoms with Crippen molar-refractivity contribution in [1.29, 1.82) is 0 Å². The number of rotatable bonds is 4. The summed E-state index contributed by atoms with van der Waals surface area (Å²) in [4.78, 5) is 0. The minimum absolute atomic E-state index is 0.185. The minimum atomic E-state index is 0.185. The van der Waals surface area contributed by atoms with Crippen molar-refractivity contribution in [3.63, 3.8) is 0 Å². The molecule has 0 fully saturated rings. The van der Waals surface area contributed by atoms with Crippen LogP contribution >= 0.6 is 0 Å². The Balaban J connectivity index is 1.11. The summed E-state index contributed by atoms with van der Waals surface area (Å²) in [6.45, 7) is 0. The SMILES string of the molecule is c1ccc(-c2c3ccccc3c(-c3ccc4[se]c5cccc(-c6c7ccccc7c(-c7cccc8oc9ccccc9c78)c7ccccc67)c5c4c3)c3ccccc23)cc1. The standard InChI is InChI=1S/C58H34OSe/c1-2-16-35(17-3-1)53-37-18-4-6-20-39(37)54(40-21-7-5-19-38(40)53)36-32-33-51-48(34-36)58-47(28-15-31-52(58)60-51)56-43-24-10-8-22-41(43)55(42-23-9-11-25-44(42)56)46-27-14-30-50-57(46)45-26-12-13-29-49(45)59-50/h1-34H. The van der Waals surface area contributed by atoms with Gasteiger partial charge in [-0.2, -0.15) is 0 Å². The Bertz CT molecular complexity index is 3770. The summed E-state index contributed by atoms with van der Waals surface area (Å²) < 4.78 is 9.31. The van der Waals surface area contributed by atoms with Crippen molar-refractivity contribution < 1.29 is 4.42 Å². The Morgan fingerprint density at radius 2 is 0.717 bits per heavy atom. The third-order valence-electron chi connectivity index (χ3n) is 12.7. The third-order valence-corrected chi connectivity index (χ3v) is 15.0. The fourth-order valence-electron chi connectivity index (χ4n) is 10.2. The Morgan fingerprint density at radius 1 is 0.267 bits per heavy atom. The molecule has 60 heavy (non-hydrogen) atoms. The first-order valence-electron chi connectivity index (χ1n) is 20.6. The van der Waals surface area contributed by atoms with E-state index in [1.165, 1.54) is 107 Å². The number of benzene rings is 11. The van der Waals surface area contributed by atoms with Crippen LogP contribution in [0.15, 0.2) is 211 Å². The zero-order chi connectivity index (χ0) is 39.3. The van der Waals surface area contributed by atoms with E-state index >= 15 is 0 Å². The Labute approximate surface area is 352 Å². The zero-order valence-electron chi connectivity index (χ0n) is 32.4. The van der Waals surface area contributed by atoms with Crippen molar-refractivity contribution in [2.75, 3.05) is 0 Å². The van der Waals surface area contributed by atoms with Crippen LogP contribution in [0.1, 0.15) is 0 Å². The van der Waals surface area contributed by atoms with E-state index in [-0.39, 0.29) is 14.5 Å². The van der Waals surface area contributed by atoms with E-state index in [4.69, 9.17) is 4.42 Å². The molecule has 2 aromatic heterocycles. The van der Waals surface area contributed by atoms with Gasteiger partial charge in [0.05, 0.1) is 0 Å². The third kappa shape index (κ3) is 4.87. The van der Waals surface area contributed by atoms with Gasteiger partial charge in [-0.1, -0.05) is 6.07 Å². The van der Waals surface area contributed by atoms with Gasteiger partial charge in [-0.25, -0.2) is 0 Å². The van der Waals surface area contributed by atoms with Crippen LogP contribution in [-0.2, 0) is 0 Å². The Morgan fingerprint density at radius 3 is 1.30 bits per heavy atom. The molecule has 0 atom stereocenters. The molecule has 11 aromatic carbocycles. The average molecular weight is 826 g/mol. The molecule has 0 amide bonds. The Kier molecular flexibility index (Phi) is 7.39. The summed E-state index contributed by atoms with van der Waals surface area (Å²) >= 11 is 0.185. The summed E-state index contributed by atoms with van der Waals surface area (Å²) in [5, 5.41) is 15.2. The van der Waals surface area contributed by atoms with Crippen LogP contribution in [-0.4, -0.2) is 14.5 Å². The van der Waals surface area contributed by atoms with E-state index in [1.54, 1.807) is 0 Å². The molecule has 13 aromatic rings. The van der Waals surface area contributed by atoms with Gasteiger partial charge in [0.25, 0.3) is 0 Å². The summed E-state index contributed by atoms with van der Waals surface area (Å²) in [5.74, 6) is 0. The molecule has 0 bridgehead atoms. The number of hydrogen-bond donors (Lipinski definition) is 0. The molecule has 0 aliphatic rings. The average Bonchev–Trinajstić information content (AvgIpc) is 3.89. The van der Waals surface area contributed by atoms with Crippen molar-refractivity contribution in [3.05, 3.63) is 206 Å². The molecule has 0 radical (unpaired) electrons. The molecule has 13 rings (SSSR count). The molecule has 2 heterocycles. The van der Waals surface area contributed by atoms with Crippen LogP contribution in [0.4, 0.5) is 0 Å². The molecule has 0 aliphatic carbocycles. The molecule has 0 unspecified atom stereocenters. The summed E-state index contributed by atoms with van der Waals surface area (Å²) in [6, 6.07) is 76.2. The molecule has 0 saturated heterocycles. The van der Waals surface area contributed by atoms with Gasteiger partial charge in [-0.05, 0) is 0 Å². The summed E-state index contributed by atoms with van der Waals surface area (Å²) in [5.41, 5.74) is 12.0. The predicted octanol–water partition coefficient (Wildman–Crippen LogP) is 16.2. The van der Waals surface area contributed by atoms with E-state index in [0.717, 1.165) is 21.9 Å². The van der Waals surface area contributed by atoms with Crippen LogP contribution < -0.4 is 0 Å². The molecular formula is C58H34OSe. The van der Waals surface area contributed by atoms with Gasteiger partial charge < -0.3 is 0 Å². The molecule has 278 valence electrons. The van der Waals surface area contributed by atoms with Crippen LogP contribution in [0.3, 0.4) is 0 Å². The van der Waals surface area contributed by atoms with Crippen molar-refractivity contribution in [2.45, 2.75) is 0 Å². The first kappa shape index (κ1) is 33.7.